The lowest BCUT2D eigenvalue weighted by molar-refractivity contribution is 0.0597. The van der Waals surface area contributed by atoms with E-state index in [0.29, 0.717) is 22.6 Å². The van der Waals surface area contributed by atoms with Crippen molar-refractivity contribution in [3.63, 3.8) is 0 Å². The van der Waals surface area contributed by atoms with Gasteiger partial charge in [-0.05, 0) is 61.0 Å². The summed E-state index contributed by atoms with van der Waals surface area (Å²) in [7, 11) is 5.38. The fraction of sp³-hybridized carbons (Fsp3) is 0.222. The standard InChI is InChI=1S/C27H27NO9/c1-14-8-20(24(29)21(9-14)25(30)31)23(19-13-18(34-2)6-7-22(19)35-3)28-17-11-15(26(32)36-4)10-16(12-17)27(33)37-5/h6-13,23,28-29H,1-5H3,(H,30,31). The Balaban J connectivity index is 2.31. The number of carbonyl (C=O) groups excluding carboxylic acids is 2. The number of carbonyl (C=O) groups is 3. The minimum atomic E-state index is -1.31. The molecule has 3 N–H and O–H groups in total. The summed E-state index contributed by atoms with van der Waals surface area (Å²) in [4.78, 5) is 36.5. The van der Waals surface area contributed by atoms with Crippen LogP contribution >= 0.6 is 0 Å². The van der Waals surface area contributed by atoms with Gasteiger partial charge >= 0.3 is 17.9 Å². The number of hydrogen-bond acceptors (Lipinski definition) is 9. The predicted octanol–water partition coefficient (Wildman–Crippen LogP) is 4.19. The van der Waals surface area contributed by atoms with Gasteiger partial charge in [0.15, 0.2) is 0 Å². The van der Waals surface area contributed by atoms with Gasteiger partial charge in [-0.1, -0.05) is 0 Å². The van der Waals surface area contributed by atoms with E-state index in [1.807, 2.05) is 0 Å². The maximum atomic E-state index is 12.3. The number of methoxy groups -OCH3 is 4. The van der Waals surface area contributed by atoms with Gasteiger partial charge in [0.2, 0.25) is 0 Å². The molecule has 0 bridgehead atoms. The second-order valence-corrected chi connectivity index (χ2v) is 8.02. The molecule has 0 heterocycles. The molecule has 194 valence electrons. The molecule has 3 aromatic carbocycles. The molecule has 1 atom stereocenters. The van der Waals surface area contributed by atoms with Crippen LogP contribution < -0.4 is 14.8 Å². The minimum Gasteiger partial charge on any atom is -0.507 e. The highest BCUT2D eigenvalue weighted by molar-refractivity contribution is 5.97. The quantitative estimate of drug-likeness (QED) is 0.360. The molecule has 0 aliphatic carbocycles. The van der Waals surface area contributed by atoms with Crippen LogP contribution in [-0.2, 0) is 9.47 Å². The molecule has 0 aliphatic heterocycles. The molecule has 0 radical (unpaired) electrons. The molecule has 0 fully saturated rings. The summed E-state index contributed by atoms with van der Waals surface area (Å²) in [6.45, 7) is 1.70. The van der Waals surface area contributed by atoms with Gasteiger partial charge in [0.25, 0.3) is 0 Å². The molecule has 37 heavy (non-hydrogen) atoms. The van der Waals surface area contributed by atoms with Crippen LogP contribution in [0.1, 0.15) is 53.8 Å². The van der Waals surface area contributed by atoms with Gasteiger partial charge in [-0.3, -0.25) is 0 Å². The molecule has 0 saturated carbocycles. The van der Waals surface area contributed by atoms with E-state index in [4.69, 9.17) is 18.9 Å². The van der Waals surface area contributed by atoms with Crippen LogP contribution in [0.5, 0.6) is 17.2 Å². The lowest BCUT2D eigenvalue weighted by atomic mass is 9.92. The number of anilines is 1. The van der Waals surface area contributed by atoms with Crippen molar-refractivity contribution in [1.29, 1.82) is 0 Å². The van der Waals surface area contributed by atoms with Crippen molar-refractivity contribution in [3.05, 3.63) is 81.9 Å². The number of aromatic carboxylic acids is 1. The molecule has 3 aromatic rings. The molecule has 10 heteroatoms. The summed E-state index contributed by atoms with van der Waals surface area (Å²) >= 11 is 0. The van der Waals surface area contributed by atoms with E-state index in [1.54, 1.807) is 31.2 Å². The highest BCUT2D eigenvalue weighted by Gasteiger charge is 2.27. The largest absolute Gasteiger partial charge is 0.507 e. The highest BCUT2D eigenvalue weighted by atomic mass is 16.5. The van der Waals surface area contributed by atoms with E-state index in [1.165, 1.54) is 52.7 Å². The van der Waals surface area contributed by atoms with Crippen molar-refractivity contribution in [2.75, 3.05) is 33.8 Å². The third-order valence-corrected chi connectivity index (χ3v) is 5.66. The predicted molar refractivity (Wildman–Crippen MR) is 134 cm³/mol. The summed E-state index contributed by atoms with van der Waals surface area (Å²) < 4.78 is 20.6. The van der Waals surface area contributed by atoms with Crippen LogP contribution in [0.2, 0.25) is 0 Å². The minimum absolute atomic E-state index is 0.0731. The molecule has 1 unspecified atom stereocenters. The maximum Gasteiger partial charge on any atom is 0.339 e. The third-order valence-electron chi connectivity index (χ3n) is 5.66. The zero-order valence-electron chi connectivity index (χ0n) is 20.9. The van der Waals surface area contributed by atoms with Gasteiger partial charge in [-0.2, -0.15) is 0 Å². The molecule has 0 amide bonds. The topological polar surface area (TPSA) is 141 Å². The summed E-state index contributed by atoms with van der Waals surface area (Å²) in [6.07, 6.45) is 0. The lowest BCUT2D eigenvalue weighted by Crippen LogP contribution is -2.17. The number of ether oxygens (including phenoxy) is 4. The zero-order valence-corrected chi connectivity index (χ0v) is 20.9. The number of aryl methyl sites for hydroxylation is 1. The molecule has 10 nitrogen and oxygen atoms in total. The monoisotopic (exact) mass is 509 g/mol. The molecule has 0 aliphatic rings. The number of aromatic hydroxyl groups is 1. The van der Waals surface area contributed by atoms with Crippen LogP contribution in [0.4, 0.5) is 5.69 Å². The van der Waals surface area contributed by atoms with Gasteiger partial charge in [0.1, 0.15) is 22.8 Å². The fourth-order valence-corrected chi connectivity index (χ4v) is 3.93. The van der Waals surface area contributed by atoms with E-state index in [-0.39, 0.29) is 27.9 Å². The van der Waals surface area contributed by atoms with Gasteiger partial charge in [-0.15, -0.1) is 0 Å². The number of nitrogens with one attached hydrogen (secondary N) is 1. The van der Waals surface area contributed by atoms with E-state index >= 15 is 0 Å². The number of rotatable bonds is 9. The zero-order chi connectivity index (χ0) is 27.3. The first kappa shape index (κ1) is 26.9. The Morgan fingerprint density at radius 3 is 1.95 bits per heavy atom. The van der Waals surface area contributed by atoms with Gasteiger partial charge in [0.05, 0.1) is 45.6 Å². The highest BCUT2D eigenvalue weighted by Crippen LogP contribution is 2.40. The van der Waals surface area contributed by atoms with Crippen molar-refractivity contribution in [1.82, 2.24) is 0 Å². The Bertz CT molecular complexity index is 1320. The number of esters is 2. The molecule has 0 spiro atoms. The Morgan fingerprint density at radius 1 is 0.811 bits per heavy atom. The van der Waals surface area contributed by atoms with Crippen molar-refractivity contribution in [3.8, 4) is 17.2 Å². The van der Waals surface area contributed by atoms with Crippen LogP contribution in [0, 0.1) is 6.92 Å². The number of hydrogen-bond donors (Lipinski definition) is 3. The first-order valence-electron chi connectivity index (χ1n) is 11.0. The molecule has 3 rings (SSSR count). The Kier molecular flexibility index (Phi) is 8.23. The number of carboxylic acids is 1. The van der Waals surface area contributed by atoms with Crippen LogP contribution in [0.3, 0.4) is 0 Å². The second kappa shape index (κ2) is 11.3. The van der Waals surface area contributed by atoms with Crippen molar-refractivity contribution >= 4 is 23.6 Å². The average Bonchev–Trinajstić information content (AvgIpc) is 2.91. The molecular weight excluding hydrogens is 482 g/mol. The fourth-order valence-electron chi connectivity index (χ4n) is 3.93. The van der Waals surface area contributed by atoms with Crippen molar-refractivity contribution in [2.45, 2.75) is 13.0 Å². The van der Waals surface area contributed by atoms with E-state index in [2.05, 4.69) is 5.32 Å². The van der Waals surface area contributed by atoms with E-state index in [9.17, 15) is 24.6 Å². The Hall–Kier alpha value is -4.73. The van der Waals surface area contributed by atoms with Gasteiger partial charge < -0.3 is 34.5 Å². The Morgan fingerprint density at radius 2 is 1.43 bits per heavy atom. The molecule has 0 saturated heterocycles. The van der Waals surface area contributed by atoms with Gasteiger partial charge in [-0.25, -0.2) is 14.4 Å². The summed E-state index contributed by atoms with van der Waals surface area (Å²) in [5, 5.41) is 23.9. The molecule has 0 aromatic heterocycles. The van der Waals surface area contributed by atoms with Crippen LogP contribution in [0.15, 0.2) is 48.5 Å². The normalized spacial score (nSPS) is 11.3. The number of carboxylic acid groups (broad SMARTS) is 1. The smallest absolute Gasteiger partial charge is 0.339 e. The lowest BCUT2D eigenvalue weighted by Gasteiger charge is -2.25. The summed E-state index contributed by atoms with van der Waals surface area (Å²) in [6, 6.07) is 11.3. The van der Waals surface area contributed by atoms with E-state index in [0.717, 1.165) is 0 Å². The summed E-state index contributed by atoms with van der Waals surface area (Å²) in [5.41, 5.74) is 1.43. The number of phenols is 1. The first-order chi connectivity index (χ1) is 17.6. The van der Waals surface area contributed by atoms with E-state index < -0.39 is 29.7 Å². The van der Waals surface area contributed by atoms with Crippen molar-refractivity contribution < 1.29 is 43.5 Å². The second-order valence-electron chi connectivity index (χ2n) is 8.02. The third kappa shape index (κ3) is 5.75. The van der Waals surface area contributed by atoms with Crippen LogP contribution in [-0.4, -0.2) is 56.6 Å². The van der Waals surface area contributed by atoms with Crippen LogP contribution in [0.25, 0.3) is 0 Å². The maximum absolute atomic E-state index is 12.3. The Labute approximate surface area is 213 Å². The number of benzene rings is 3. The summed E-state index contributed by atoms with van der Waals surface area (Å²) in [5.74, 6) is -2.25. The molecular formula is C27H27NO9. The van der Waals surface area contributed by atoms with Crippen molar-refractivity contribution in [2.24, 2.45) is 0 Å². The SMILES string of the molecule is COC(=O)c1cc(NC(c2cc(OC)ccc2OC)c2cc(C)cc(C(=O)O)c2O)cc(C(=O)OC)c1. The van der Waals surface area contributed by atoms with Gasteiger partial charge in [0, 0.05) is 16.8 Å². The first-order valence-corrected chi connectivity index (χ1v) is 11.0. The average molecular weight is 510 g/mol.